The number of furan rings is 1. The number of hydrazine groups is 1. The van der Waals surface area contributed by atoms with Gasteiger partial charge in [0.05, 0.1) is 10.0 Å². The lowest BCUT2D eigenvalue weighted by Crippen LogP contribution is -2.51. The first-order valence-electron chi connectivity index (χ1n) is 7.30. The molecule has 0 radical (unpaired) electrons. The highest BCUT2D eigenvalue weighted by molar-refractivity contribution is 9.11. The largest absolute Gasteiger partial charge is 0.459 e. The lowest BCUT2D eigenvalue weighted by Gasteiger charge is -2.22. The molecule has 1 aliphatic rings. The molecule has 1 atom stereocenters. The molecule has 1 saturated heterocycles. The van der Waals surface area contributed by atoms with E-state index < -0.39 is 27.9 Å². The summed E-state index contributed by atoms with van der Waals surface area (Å²) in [6.07, 6.45) is 2.28. The number of thiophene rings is 1. The number of carbonyl (C=O) groups is 2. The molecule has 1 unspecified atom stereocenters. The molecule has 1 aliphatic heterocycles. The predicted octanol–water partition coefficient (Wildman–Crippen LogP) is 1.72. The van der Waals surface area contributed by atoms with Crippen molar-refractivity contribution in [1.29, 1.82) is 0 Å². The van der Waals surface area contributed by atoms with Gasteiger partial charge in [0.1, 0.15) is 10.3 Å². The van der Waals surface area contributed by atoms with Crippen molar-refractivity contribution in [3.63, 3.8) is 0 Å². The molecule has 0 aliphatic carbocycles. The van der Waals surface area contributed by atoms with Crippen LogP contribution in [0, 0.1) is 0 Å². The van der Waals surface area contributed by atoms with E-state index in [4.69, 9.17) is 4.42 Å². The normalized spacial score (nSPS) is 18.2. The molecule has 0 saturated carbocycles. The average molecular weight is 448 g/mol. The zero-order valence-electron chi connectivity index (χ0n) is 12.8. The first kappa shape index (κ1) is 18.1. The third-order valence-corrected chi connectivity index (χ3v) is 7.66. The van der Waals surface area contributed by atoms with E-state index in [9.17, 15) is 18.0 Å². The number of halogens is 1. The third-order valence-electron chi connectivity index (χ3n) is 3.66. The molecular formula is C14H14BrN3O5S2. The smallest absolute Gasteiger partial charge is 0.305 e. The molecule has 11 heteroatoms. The first-order chi connectivity index (χ1) is 11.9. The zero-order valence-corrected chi connectivity index (χ0v) is 16.0. The summed E-state index contributed by atoms with van der Waals surface area (Å²) in [4.78, 5) is 24.1. The average Bonchev–Trinajstić information content (AvgIpc) is 3.31. The van der Waals surface area contributed by atoms with Crippen molar-refractivity contribution in [2.24, 2.45) is 0 Å². The quantitative estimate of drug-likeness (QED) is 0.693. The lowest BCUT2D eigenvalue weighted by molar-refractivity contribution is -0.125. The Morgan fingerprint density at radius 1 is 1.28 bits per heavy atom. The number of sulfonamides is 1. The summed E-state index contributed by atoms with van der Waals surface area (Å²) in [5, 5.41) is 0. The van der Waals surface area contributed by atoms with E-state index in [0.29, 0.717) is 16.6 Å². The molecule has 1 fully saturated rings. The van der Waals surface area contributed by atoms with Gasteiger partial charge in [0.2, 0.25) is 0 Å². The molecule has 2 aromatic heterocycles. The van der Waals surface area contributed by atoms with Gasteiger partial charge in [-0.15, -0.1) is 11.3 Å². The Balaban J connectivity index is 1.68. The number of nitrogens with one attached hydrogen (secondary N) is 2. The minimum Gasteiger partial charge on any atom is -0.459 e. The van der Waals surface area contributed by atoms with Gasteiger partial charge in [-0.3, -0.25) is 20.4 Å². The summed E-state index contributed by atoms with van der Waals surface area (Å²) in [6.45, 7) is 0.252. The fraction of sp³-hybridized carbons (Fsp3) is 0.286. The van der Waals surface area contributed by atoms with Gasteiger partial charge in [0.15, 0.2) is 5.76 Å². The molecule has 0 spiro atoms. The molecule has 0 aromatic carbocycles. The summed E-state index contributed by atoms with van der Waals surface area (Å²) in [5.74, 6) is -1.16. The highest BCUT2D eigenvalue weighted by Crippen LogP contribution is 2.32. The Morgan fingerprint density at radius 3 is 2.72 bits per heavy atom. The van der Waals surface area contributed by atoms with Gasteiger partial charge in [-0.05, 0) is 53.0 Å². The summed E-state index contributed by atoms with van der Waals surface area (Å²) < 4.78 is 32.4. The monoisotopic (exact) mass is 447 g/mol. The maximum absolute atomic E-state index is 12.7. The minimum absolute atomic E-state index is 0.0413. The van der Waals surface area contributed by atoms with Crippen LogP contribution in [-0.4, -0.2) is 37.1 Å². The van der Waals surface area contributed by atoms with E-state index in [1.165, 1.54) is 22.7 Å². The van der Waals surface area contributed by atoms with Gasteiger partial charge in [-0.2, -0.15) is 4.31 Å². The Morgan fingerprint density at radius 2 is 2.08 bits per heavy atom. The van der Waals surface area contributed by atoms with Crippen molar-refractivity contribution in [3.8, 4) is 0 Å². The Bertz CT molecular complexity index is 878. The molecule has 134 valence electrons. The summed E-state index contributed by atoms with van der Waals surface area (Å²) >= 11 is 4.32. The first-order valence-corrected chi connectivity index (χ1v) is 10.4. The molecule has 25 heavy (non-hydrogen) atoms. The number of hydrogen-bond donors (Lipinski definition) is 2. The minimum atomic E-state index is -3.76. The number of nitrogens with zero attached hydrogens (tertiary/aromatic N) is 1. The SMILES string of the molecule is O=C(NNC(=O)C1CCCN1S(=O)(=O)c1ccc(Br)s1)c1ccco1. The third kappa shape index (κ3) is 3.78. The Labute approximate surface area is 156 Å². The van der Waals surface area contributed by atoms with Gasteiger partial charge < -0.3 is 4.42 Å². The van der Waals surface area contributed by atoms with Crippen LogP contribution in [-0.2, 0) is 14.8 Å². The van der Waals surface area contributed by atoms with Crippen LogP contribution in [0.25, 0.3) is 0 Å². The van der Waals surface area contributed by atoms with Crippen LogP contribution in [0.3, 0.4) is 0 Å². The fourth-order valence-electron chi connectivity index (χ4n) is 2.51. The second-order valence-corrected chi connectivity index (χ2v) is 9.83. The van der Waals surface area contributed by atoms with Crippen molar-refractivity contribution < 1.29 is 22.4 Å². The number of rotatable bonds is 4. The Kier molecular flexibility index (Phi) is 5.27. The van der Waals surface area contributed by atoms with E-state index in [1.54, 1.807) is 12.1 Å². The molecule has 0 bridgehead atoms. The van der Waals surface area contributed by atoms with E-state index in [1.807, 2.05) is 0 Å². The van der Waals surface area contributed by atoms with Crippen LogP contribution >= 0.6 is 27.3 Å². The predicted molar refractivity (Wildman–Crippen MR) is 93.2 cm³/mol. The van der Waals surface area contributed by atoms with Gasteiger partial charge >= 0.3 is 5.91 Å². The zero-order chi connectivity index (χ0) is 18.0. The lowest BCUT2D eigenvalue weighted by atomic mass is 10.2. The van der Waals surface area contributed by atoms with E-state index in [-0.39, 0.29) is 16.5 Å². The highest BCUT2D eigenvalue weighted by Gasteiger charge is 2.40. The topological polar surface area (TPSA) is 109 Å². The van der Waals surface area contributed by atoms with Crippen LogP contribution in [0.4, 0.5) is 0 Å². The van der Waals surface area contributed by atoms with Crippen molar-refractivity contribution in [2.75, 3.05) is 6.54 Å². The maximum Gasteiger partial charge on any atom is 0.305 e. The second-order valence-electron chi connectivity index (χ2n) is 5.25. The van der Waals surface area contributed by atoms with Crippen LogP contribution in [0.1, 0.15) is 23.4 Å². The molecule has 3 rings (SSSR count). The molecule has 2 N–H and O–H groups in total. The standard InChI is InChI=1S/C14H14BrN3O5S2/c15-11-5-6-12(24-11)25(21,22)18-7-1-3-9(18)13(19)16-17-14(20)10-4-2-8-23-10/h2,4-6,8-9H,1,3,7H2,(H,16,19)(H,17,20). The number of amides is 2. The summed E-state index contributed by atoms with van der Waals surface area (Å²) in [5.41, 5.74) is 4.48. The van der Waals surface area contributed by atoms with Crippen LogP contribution in [0.5, 0.6) is 0 Å². The molecule has 3 heterocycles. The van der Waals surface area contributed by atoms with Crippen molar-refractivity contribution in [1.82, 2.24) is 15.2 Å². The van der Waals surface area contributed by atoms with Crippen LogP contribution < -0.4 is 10.9 Å². The van der Waals surface area contributed by atoms with Gasteiger partial charge in [-0.1, -0.05) is 0 Å². The molecule has 2 amide bonds. The van der Waals surface area contributed by atoms with E-state index in [0.717, 1.165) is 11.3 Å². The van der Waals surface area contributed by atoms with Crippen molar-refractivity contribution in [2.45, 2.75) is 23.1 Å². The Hall–Kier alpha value is -1.69. The molecule has 8 nitrogen and oxygen atoms in total. The van der Waals surface area contributed by atoms with Crippen LogP contribution in [0.15, 0.2) is 42.9 Å². The van der Waals surface area contributed by atoms with E-state index in [2.05, 4.69) is 26.8 Å². The number of hydrogen-bond acceptors (Lipinski definition) is 6. The second kappa shape index (κ2) is 7.28. The summed E-state index contributed by atoms with van der Waals surface area (Å²) in [7, 11) is -3.76. The van der Waals surface area contributed by atoms with Gasteiger partial charge in [0.25, 0.3) is 15.9 Å². The van der Waals surface area contributed by atoms with Crippen LogP contribution in [0.2, 0.25) is 0 Å². The molecular weight excluding hydrogens is 434 g/mol. The van der Waals surface area contributed by atoms with Gasteiger partial charge in [-0.25, -0.2) is 8.42 Å². The number of carbonyl (C=O) groups excluding carboxylic acids is 2. The van der Waals surface area contributed by atoms with Crippen molar-refractivity contribution >= 4 is 49.1 Å². The fourth-order valence-corrected chi connectivity index (χ4v) is 6.31. The van der Waals surface area contributed by atoms with Gasteiger partial charge in [0, 0.05) is 6.54 Å². The maximum atomic E-state index is 12.7. The van der Waals surface area contributed by atoms with E-state index >= 15 is 0 Å². The highest BCUT2D eigenvalue weighted by atomic mass is 79.9. The van der Waals surface area contributed by atoms with Crippen molar-refractivity contribution in [3.05, 3.63) is 40.1 Å². The summed E-state index contributed by atoms with van der Waals surface area (Å²) in [6, 6.07) is 5.26. The molecule has 2 aromatic rings.